The van der Waals surface area contributed by atoms with Gasteiger partial charge in [0.25, 0.3) is 0 Å². The normalized spacial score (nSPS) is 12.2. The molecule has 0 aliphatic carbocycles. The second-order valence-electron chi connectivity index (χ2n) is 5.70. The van der Waals surface area contributed by atoms with Crippen LogP contribution in [0, 0.1) is 0 Å². The fraction of sp³-hybridized carbons (Fsp3) is 0.562. The molecule has 0 amide bonds. The van der Waals surface area contributed by atoms with Crippen molar-refractivity contribution in [2.75, 3.05) is 0 Å². The van der Waals surface area contributed by atoms with Crippen LogP contribution in [-0.4, -0.2) is 14.7 Å². The van der Waals surface area contributed by atoms with Crippen molar-refractivity contribution in [1.29, 1.82) is 0 Å². The van der Waals surface area contributed by atoms with Crippen molar-refractivity contribution in [2.45, 2.75) is 58.6 Å². The molecular formula is C16H24N2O. The van der Waals surface area contributed by atoms with E-state index in [1.54, 1.807) is 13.8 Å². The number of imidazole rings is 1. The third-order valence-electron chi connectivity index (χ3n) is 3.44. The van der Waals surface area contributed by atoms with Crippen molar-refractivity contribution in [1.82, 2.24) is 9.55 Å². The van der Waals surface area contributed by atoms with E-state index < -0.39 is 5.60 Å². The molecule has 2 aromatic rings. The number of aromatic nitrogens is 2. The van der Waals surface area contributed by atoms with Gasteiger partial charge >= 0.3 is 0 Å². The molecule has 0 unspecified atom stereocenters. The van der Waals surface area contributed by atoms with E-state index >= 15 is 0 Å². The summed E-state index contributed by atoms with van der Waals surface area (Å²) in [6.45, 7) is 6.75. The Hall–Kier alpha value is -1.35. The third-order valence-corrected chi connectivity index (χ3v) is 3.44. The Morgan fingerprint density at radius 2 is 1.89 bits per heavy atom. The van der Waals surface area contributed by atoms with Gasteiger partial charge in [-0.2, -0.15) is 0 Å². The number of para-hydroxylation sites is 2. The Morgan fingerprint density at radius 1 is 1.16 bits per heavy atom. The Kier molecular flexibility index (Phi) is 4.25. The molecule has 0 radical (unpaired) electrons. The van der Waals surface area contributed by atoms with Gasteiger partial charge in [-0.15, -0.1) is 0 Å². The number of hydrogen-bond donors (Lipinski definition) is 1. The lowest BCUT2D eigenvalue weighted by Crippen LogP contribution is -2.22. The zero-order valence-corrected chi connectivity index (χ0v) is 12.2. The van der Waals surface area contributed by atoms with E-state index in [-0.39, 0.29) is 0 Å². The lowest BCUT2D eigenvalue weighted by atomic mass is 10.1. The van der Waals surface area contributed by atoms with E-state index in [9.17, 15) is 5.11 Å². The minimum absolute atomic E-state index is 0.769. The largest absolute Gasteiger partial charge is 0.383 e. The summed E-state index contributed by atoms with van der Waals surface area (Å²) in [5, 5.41) is 10.3. The van der Waals surface area contributed by atoms with Crippen LogP contribution < -0.4 is 0 Å². The van der Waals surface area contributed by atoms with E-state index in [2.05, 4.69) is 22.5 Å². The number of fused-ring (bicyclic) bond motifs is 1. The summed E-state index contributed by atoms with van der Waals surface area (Å²) >= 11 is 0. The molecule has 0 fully saturated rings. The third kappa shape index (κ3) is 3.16. The molecule has 0 aliphatic rings. The summed E-state index contributed by atoms with van der Waals surface area (Å²) in [4.78, 5) is 4.60. The molecule has 0 bridgehead atoms. The van der Waals surface area contributed by atoms with Crippen molar-refractivity contribution in [3.8, 4) is 0 Å². The fourth-order valence-corrected chi connectivity index (χ4v) is 2.47. The molecule has 0 saturated heterocycles. The number of unbranched alkanes of at least 4 members (excludes halogenated alkanes) is 3. The molecule has 1 heterocycles. The molecule has 0 saturated carbocycles. The highest BCUT2D eigenvalue weighted by Crippen LogP contribution is 2.25. The first kappa shape index (κ1) is 14.1. The highest BCUT2D eigenvalue weighted by Gasteiger charge is 2.24. The average molecular weight is 260 g/mol. The summed E-state index contributed by atoms with van der Waals surface area (Å²) < 4.78 is 2.17. The number of rotatable bonds is 6. The van der Waals surface area contributed by atoms with Gasteiger partial charge in [0.2, 0.25) is 0 Å². The second-order valence-corrected chi connectivity index (χ2v) is 5.70. The maximum atomic E-state index is 10.3. The van der Waals surface area contributed by atoms with Gasteiger partial charge in [0.05, 0.1) is 11.0 Å². The summed E-state index contributed by atoms with van der Waals surface area (Å²) in [6.07, 6.45) is 4.87. The van der Waals surface area contributed by atoms with Gasteiger partial charge in [0, 0.05) is 6.54 Å². The van der Waals surface area contributed by atoms with Crippen LogP contribution in [0.4, 0.5) is 0 Å². The SMILES string of the molecule is CCCCCCn1c(C(C)(C)O)nc2ccccc21. The second kappa shape index (κ2) is 5.74. The molecule has 19 heavy (non-hydrogen) atoms. The molecule has 1 N–H and O–H groups in total. The van der Waals surface area contributed by atoms with Crippen LogP contribution >= 0.6 is 0 Å². The first-order chi connectivity index (χ1) is 9.04. The molecule has 0 aliphatic heterocycles. The van der Waals surface area contributed by atoms with Crippen LogP contribution in [0.25, 0.3) is 11.0 Å². The number of nitrogens with zero attached hydrogens (tertiary/aromatic N) is 2. The summed E-state index contributed by atoms with van der Waals surface area (Å²) in [6, 6.07) is 8.11. The minimum atomic E-state index is -0.899. The predicted molar refractivity (Wildman–Crippen MR) is 79.1 cm³/mol. The summed E-state index contributed by atoms with van der Waals surface area (Å²) in [5.41, 5.74) is 1.19. The van der Waals surface area contributed by atoms with E-state index in [4.69, 9.17) is 0 Å². The van der Waals surface area contributed by atoms with Gasteiger partial charge in [-0.25, -0.2) is 4.98 Å². The van der Waals surface area contributed by atoms with Crippen molar-refractivity contribution < 1.29 is 5.11 Å². The molecule has 3 heteroatoms. The highest BCUT2D eigenvalue weighted by atomic mass is 16.3. The van der Waals surface area contributed by atoms with Crippen molar-refractivity contribution in [3.63, 3.8) is 0 Å². The van der Waals surface area contributed by atoms with Crippen LogP contribution in [0.5, 0.6) is 0 Å². The van der Waals surface area contributed by atoms with Gasteiger partial charge in [-0.05, 0) is 32.4 Å². The zero-order chi connectivity index (χ0) is 13.9. The van der Waals surface area contributed by atoms with Crippen LogP contribution in [0.2, 0.25) is 0 Å². The maximum Gasteiger partial charge on any atom is 0.141 e. The van der Waals surface area contributed by atoms with Crippen molar-refractivity contribution in [3.05, 3.63) is 30.1 Å². The van der Waals surface area contributed by atoms with Crippen LogP contribution in [0.1, 0.15) is 52.3 Å². The first-order valence-electron chi connectivity index (χ1n) is 7.22. The molecule has 2 rings (SSSR count). The van der Waals surface area contributed by atoms with Gasteiger partial charge in [-0.3, -0.25) is 0 Å². The predicted octanol–water partition coefficient (Wildman–Crippen LogP) is 3.84. The fourth-order valence-electron chi connectivity index (χ4n) is 2.47. The highest BCUT2D eigenvalue weighted by molar-refractivity contribution is 5.76. The number of hydrogen-bond acceptors (Lipinski definition) is 2. The van der Waals surface area contributed by atoms with E-state index in [0.29, 0.717) is 0 Å². The zero-order valence-electron chi connectivity index (χ0n) is 12.2. The van der Waals surface area contributed by atoms with Gasteiger partial charge in [0.1, 0.15) is 11.4 Å². The van der Waals surface area contributed by atoms with E-state index in [1.807, 2.05) is 18.2 Å². The average Bonchev–Trinajstić information content (AvgIpc) is 2.74. The summed E-state index contributed by atoms with van der Waals surface area (Å²) in [5.74, 6) is 0.769. The molecular weight excluding hydrogens is 236 g/mol. The molecule has 0 atom stereocenters. The maximum absolute atomic E-state index is 10.3. The van der Waals surface area contributed by atoms with Crippen molar-refractivity contribution >= 4 is 11.0 Å². The number of aliphatic hydroxyl groups is 1. The van der Waals surface area contributed by atoms with Crippen LogP contribution in [0.15, 0.2) is 24.3 Å². The van der Waals surface area contributed by atoms with Crippen LogP contribution in [0.3, 0.4) is 0 Å². The number of aryl methyl sites for hydroxylation is 1. The summed E-state index contributed by atoms with van der Waals surface area (Å²) in [7, 11) is 0. The standard InChI is InChI=1S/C16H24N2O/c1-4-5-6-9-12-18-14-11-8-7-10-13(14)17-15(18)16(2,3)19/h7-8,10-11,19H,4-6,9,12H2,1-3H3. The molecule has 3 nitrogen and oxygen atoms in total. The molecule has 1 aromatic carbocycles. The van der Waals surface area contributed by atoms with Crippen molar-refractivity contribution in [2.24, 2.45) is 0 Å². The van der Waals surface area contributed by atoms with Crippen LogP contribution in [-0.2, 0) is 12.1 Å². The number of benzene rings is 1. The molecule has 1 aromatic heterocycles. The Bertz CT molecular complexity index is 537. The van der Waals surface area contributed by atoms with Gasteiger partial charge in [0.15, 0.2) is 0 Å². The molecule has 0 spiro atoms. The van der Waals surface area contributed by atoms with Gasteiger partial charge < -0.3 is 9.67 Å². The molecule has 104 valence electrons. The quantitative estimate of drug-likeness (QED) is 0.801. The van der Waals surface area contributed by atoms with Gasteiger partial charge in [-0.1, -0.05) is 38.3 Å². The lowest BCUT2D eigenvalue weighted by molar-refractivity contribution is 0.0651. The monoisotopic (exact) mass is 260 g/mol. The van der Waals surface area contributed by atoms with E-state index in [1.165, 1.54) is 19.3 Å². The minimum Gasteiger partial charge on any atom is -0.383 e. The Labute approximate surface area is 115 Å². The first-order valence-corrected chi connectivity index (χ1v) is 7.22. The van der Waals surface area contributed by atoms with E-state index in [0.717, 1.165) is 29.8 Å². The lowest BCUT2D eigenvalue weighted by Gasteiger charge is -2.19. The Balaban J connectivity index is 2.32. The smallest absolute Gasteiger partial charge is 0.141 e. The topological polar surface area (TPSA) is 38.0 Å². The Morgan fingerprint density at radius 3 is 2.58 bits per heavy atom.